The van der Waals surface area contributed by atoms with Crippen LogP contribution in [0, 0.1) is 0 Å². The number of halogens is 1. The minimum absolute atomic E-state index is 0.251. The van der Waals surface area contributed by atoms with E-state index in [4.69, 9.17) is 20.8 Å². The molecule has 0 saturated carbocycles. The van der Waals surface area contributed by atoms with Gasteiger partial charge in [0, 0.05) is 10.9 Å². The highest BCUT2D eigenvalue weighted by Gasteiger charge is 2.15. The van der Waals surface area contributed by atoms with Gasteiger partial charge in [-0.15, -0.1) is 11.3 Å². The van der Waals surface area contributed by atoms with Gasteiger partial charge in [-0.1, -0.05) is 23.7 Å². The fraction of sp³-hybridized carbons (Fsp3) is 0.0526. The number of fused-ring (bicyclic) bond motifs is 1. The van der Waals surface area contributed by atoms with Gasteiger partial charge in [0.05, 0.1) is 23.8 Å². The number of benzene rings is 1. The number of aromatic amines is 1. The van der Waals surface area contributed by atoms with E-state index in [1.807, 2.05) is 35.7 Å². The summed E-state index contributed by atoms with van der Waals surface area (Å²) in [5.41, 5.74) is 1.35. The van der Waals surface area contributed by atoms with E-state index < -0.39 is 0 Å². The molecular formula is C19H13ClN2O3S. The smallest absolute Gasteiger partial charge is 0.260 e. The third-order valence-corrected chi connectivity index (χ3v) is 5.03. The number of hydrogen-bond acceptors (Lipinski definition) is 5. The van der Waals surface area contributed by atoms with Crippen LogP contribution < -0.4 is 10.3 Å². The number of ether oxygens (including phenoxy) is 1. The largest absolute Gasteiger partial charge is 0.497 e. The third-order valence-electron chi connectivity index (χ3n) is 3.87. The number of aromatic nitrogens is 2. The molecule has 0 spiro atoms. The van der Waals surface area contributed by atoms with E-state index in [0.717, 1.165) is 16.9 Å². The third kappa shape index (κ3) is 3.05. The van der Waals surface area contributed by atoms with Gasteiger partial charge in [0.2, 0.25) is 0 Å². The zero-order chi connectivity index (χ0) is 18.1. The van der Waals surface area contributed by atoms with Crippen molar-refractivity contribution >= 4 is 44.3 Å². The number of methoxy groups -OCH3 is 1. The van der Waals surface area contributed by atoms with Gasteiger partial charge in [0.25, 0.3) is 5.56 Å². The summed E-state index contributed by atoms with van der Waals surface area (Å²) in [6.45, 7) is 0. The molecule has 130 valence electrons. The minimum Gasteiger partial charge on any atom is -0.497 e. The molecule has 1 aromatic carbocycles. The van der Waals surface area contributed by atoms with Gasteiger partial charge < -0.3 is 14.1 Å². The second-order valence-electron chi connectivity index (χ2n) is 5.49. The van der Waals surface area contributed by atoms with Crippen molar-refractivity contribution in [1.29, 1.82) is 0 Å². The molecule has 4 aromatic rings. The van der Waals surface area contributed by atoms with Crippen molar-refractivity contribution < 1.29 is 9.15 Å². The zero-order valence-corrected chi connectivity index (χ0v) is 15.2. The molecule has 0 unspecified atom stereocenters. The lowest BCUT2D eigenvalue weighted by atomic mass is 10.2. The van der Waals surface area contributed by atoms with Crippen LogP contribution in [0.5, 0.6) is 5.75 Å². The molecule has 1 N–H and O–H groups in total. The number of hydrogen-bond donors (Lipinski definition) is 1. The molecule has 3 aromatic heterocycles. The fourth-order valence-corrected chi connectivity index (χ4v) is 3.73. The summed E-state index contributed by atoms with van der Waals surface area (Å²) < 4.78 is 10.5. The quantitative estimate of drug-likeness (QED) is 0.538. The van der Waals surface area contributed by atoms with Crippen molar-refractivity contribution in [2.45, 2.75) is 0 Å². The first-order valence-electron chi connectivity index (χ1n) is 7.73. The predicted molar refractivity (Wildman–Crippen MR) is 105 cm³/mol. The summed E-state index contributed by atoms with van der Waals surface area (Å²) in [5, 5.41) is 2.71. The number of furan rings is 1. The Labute approximate surface area is 157 Å². The summed E-state index contributed by atoms with van der Waals surface area (Å²) in [7, 11) is 1.61. The topological polar surface area (TPSA) is 68.1 Å². The van der Waals surface area contributed by atoms with Crippen molar-refractivity contribution in [3.05, 3.63) is 69.8 Å². The average Bonchev–Trinajstić information content (AvgIpc) is 3.31. The van der Waals surface area contributed by atoms with Crippen molar-refractivity contribution in [1.82, 2.24) is 9.97 Å². The average molecular weight is 385 g/mol. The van der Waals surface area contributed by atoms with Crippen molar-refractivity contribution in [2.75, 3.05) is 7.11 Å². The van der Waals surface area contributed by atoms with Crippen LogP contribution in [-0.2, 0) is 0 Å². The molecule has 4 rings (SSSR count). The molecule has 26 heavy (non-hydrogen) atoms. The Kier molecular flexibility index (Phi) is 4.36. The molecule has 3 heterocycles. The Hall–Kier alpha value is -2.83. The number of H-pyrrole nitrogens is 1. The lowest BCUT2D eigenvalue weighted by molar-refractivity contribution is 0.415. The van der Waals surface area contributed by atoms with Crippen LogP contribution in [0.2, 0.25) is 0 Å². The number of rotatable bonds is 4. The maximum absolute atomic E-state index is 12.6. The van der Waals surface area contributed by atoms with E-state index in [9.17, 15) is 4.79 Å². The van der Waals surface area contributed by atoms with Crippen molar-refractivity contribution in [3.8, 4) is 17.1 Å². The monoisotopic (exact) mass is 384 g/mol. The Morgan fingerprint density at radius 2 is 2.12 bits per heavy atom. The highest BCUT2D eigenvalue weighted by atomic mass is 35.5. The molecule has 0 radical (unpaired) electrons. The maximum atomic E-state index is 12.6. The van der Waals surface area contributed by atoms with Crippen molar-refractivity contribution in [2.24, 2.45) is 0 Å². The SMILES string of the molecule is COc1ccc(/C=C(\Cl)c2nc3scc(-c4ccco4)c3c(=O)[nH]2)cc1. The van der Waals surface area contributed by atoms with Crippen LogP contribution in [0.1, 0.15) is 11.4 Å². The second kappa shape index (κ2) is 6.82. The lowest BCUT2D eigenvalue weighted by Gasteiger charge is -2.02. The predicted octanol–water partition coefficient (Wildman–Crippen LogP) is 4.99. The standard InChI is InChI=1S/C19H13ClN2O3S/c1-24-12-6-4-11(5-7-12)9-14(20)17-21-18(23)16-13(10-26-19(16)22-17)15-3-2-8-25-15/h2-10H,1H3,(H,21,22,23)/b14-9-. The van der Waals surface area contributed by atoms with Crippen LogP contribution in [0.15, 0.2) is 57.3 Å². The highest BCUT2D eigenvalue weighted by Crippen LogP contribution is 2.32. The number of thiophene rings is 1. The normalized spacial score (nSPS) is 11.8. The van der Waals surface area contributed by atoms with Crippen LogP contribution >= 0.6 is 22.9 Å². The minimum atomic E-state index is -0.251. The van der Waals surface area contributed by atoms with Gasteiger partial charge in [-0.2, -0.15) is 0 Å². The van der Waals surface area contributed by atoms with E-state index in [0.29, 0.717) is 26.8 Å². The van der Waals surface area contributed by atoms with Crippen LogP contribution in [0.4, 0.5) is 0 Å². The van der Waals surface area contributed by atoms with Gasteiger partial charge >= 0.3 is 0 Å². The molecule has 0 amide bonds. The number of nitrogens with one attached hydrogen (secondary N) is 1. The van der Waals surface area contributed by atoms with Crippen LogP contribution in [0.25, 0.3) is 32.6 Å². The molecule has 0 bridgehead atoms. The van der Waals surface area contributed by atoms with E-state index >= 15 is 0 Å². The summed E-state index contributed by atoms with van der Waals surface area (Å²) in [4.78, 5) is 20.4. The van der Waals surface area contributed by atoms with Crippen molar-refractivity contribution in [3.63, 3.8) is 0 Å². The maximum Gasteiger partial charge on any atom is 0.260 e. The molecule has 0 saturated heterocycles. The molecular weight excluding hydrogens is 372 g/mol. The van der Waals surface area contributed by atoms with Crippen LogP contribution in [0.3, 0.4) is 0 Å². The van der Waals surface area contributed by atoms with Gasteiger partial charge in [-0.25, -0.2) is 4.98 Å². The van der Waals surface area contributed by atoms with Gasteiger partial charge in [0.15, 0.2) is 5.82 Å². The Morgan fingerprint density at radius 1 is 1.31 bits per heavy atom. The molecule has 0 aliphatic rings. The van der Waals surface area contributed by atoms with Gasteiger partial charge in [-0.3, -0.25) is 4.79 Å². The first kappa shape index (κ1) is 16.6. The molecule has 7 heteroatoms. The molecule has 0 fully saturated rings. The summed E-state index contributed by atoms with van der Waals surface area (Å²) in [5.74, 6) is 1.72. The Balaban J connectivity index is 1.75. The number of nitrogens with zero attached hydrogens (tertiary/aromatic N) is 1. The van der Waals surface area contributed by atoms with Gasteiger partial charge in [0.1, 0.15) is 16.3 Å². The second-order valence-corrected chi connectivity index (χ2v) is 6.75. The lowest BCUT2D eigenvalue weighted by Crippen LogP contribution is -2.10. The molecule has 0 aliphatic heterocycles. The van der Waals surface area contributed by atoms with E-state index in [2.05, 4.69) is 9.97 Å². The summed E-state index contributed by atoms with van der Waals surface area (Å²) in [6, 6.07) is 11.0. The molecule has 5 nitrogen and oxygen atoms in total. The molecule has 0 atom stereocenters. The summed E-state index contributed by atoms with van der Waals surface area (Å²) >= 11 is 7.75. The highest BCUT2D eigenvalue weighted by molar-refractivity contribution is 7.17. The summed E-state index contributed by atoms with van der Waals surface area (Å²) in [6.07, 6.45) is 3.31. The fourth-order valence-electron chi connectivity index (χ4n) is 2.59. The molecule has 0 aliphatic carbocycles. The van der Waals surface area contributed by atoms with E-state index in [-0.39, 0.29) is 5.56 Å². The van der Waals surface area contributed by atoms with Gasteiger partial charge in [-0.05, 0) is 35.9 Å². The van der Waals surface area contributed by atoms with E-state index in [1.54, 1.807) is 25.5 Å². The Bertz CT molecular complexity index is 1140. The first-order chi connectivity index (χ1) is 12.7. The Morgan fingerprint density at radius 3 is 2.81 bits per heavy atom. The zero-order valence-electron chi connectivity index (χ0n) is 13.7. The van der Waals surface area contributed by atoms with E-state index in [1.165, 1.54) is 11.3 Å². The first-order valence-corrected chi connectivity index (χ1v) is 8.98. The van der Waals surface area contributed by atoms with Crippen LogP contribution in [-0.4, -0.2) is 17.1 Å².